The molecule has 0 rings (SSSR count). The first-order chi connectivity index (χ1) is 1.73. The molecule has 0 unspecified atom stereocenters. The van der Waals surface area contributed by atoms with Crippen molar-refractivity contribution in [3.8, 4) is 0 Å². The molecule has 0 aliphatic heterocycles. The zero-order valence-electron chi connectivity index (χ0n) is 3.12. The van der Waals surface area contributed by atoms with E-state index in [4.69, 9.17) is 14.1 Å². The van der Waals surface area contributed by atoms with Gasteiger partial charge < -0.3 is 20.5 Å². The monoisotopic (exact) mass is 200 g/mol. The third-order valence-corrected chi connectivity index (χ3v) is 0. The zero-order chi connectivity index (χ0) is 3.58. The molecule has 0 aliphatic rings. The molecule has 0 aromatic heterocycles. The maximum Gasteiger partial charge on any atom is 4.00 e. The third-order valence-electron chi connectivity index (χ3n) is 0. The predicted molar refractivity (Wildman–Crippen MR) is 12.3 cm³/mol. The van der Waals surface area contributed by atoms with Gasteiger partial charge in [0.15, 0.2) is 0 Å². The van der Waals surface area contributed by atoms with Crippen LogP contribution in [0.25, 0.3) is 0 Å². The first-order valence-corrected chi connectivity index (χ1v) is 1.95. The van der Waals surface area contributed by atoms with Crippen molar-refractivity contribution in [2.45, 2.75) is 0 Å². The molecule has 0 saturated carbocycles. The summed E-state index contributed by atoms with van der Waals surface area (Å²) in [7, 11) is -3.13. The van der Waals surface area contributed by atoms with Gasteiger partial charge in [0.25, 0.3) is 0 Å². The molecule has 5 nitrogen and oxygen atoms in total. The maximum absolute atomic E-state index is 8.74. The Morgan fingerprint density at radius 1 is 1.14 bits per heavy atom. The van der Waals surface area contributed by atoms with Crippen LogP contribution in [0.3, 0.4) is 0 Å². The van der Waals surface area contributed by atoms with E-state index in [1.807, 2.05) is 0 Å². The van der Waals surface area contributed by atoms with Crippen molar-refractivity contribution in [1.82, 2.24) is 0 Å². The Labute approximate surface area is 60.6 Å². The van der Waals surface area contributed by atoms with E-state index < -0.39 is 9.17 Å². The Balaban J connectivity index is -0.0000000150. The van der Waals surface area contributed by atoms with Gasteiger partial charge in [-0.15, -0.1) is 0 Å². The second-order valence-electron chi connectivity index (χ2n) is 0.283. The Bertz CT molecular complexity index is 31.1. The zero-order valence-corrected chi connectivity index (χ0v) is 6.58. The van der Waals surface area contributed by atoms with E-state index in [1.54, 1.807) is 0 Å². The van der Waals surface area contributed by atoms with Crippen LogP contribution in [0, 0.1) is 0 Å². The average Bonchev–Trinajstić information content (AvgIpc) is 0.811. The van der Waals surface area contributed by atoms with Crippen LogP contribution in [0.4, 0.5) is 0 Å². The molecule has 7 heteroatoms. The van der Waals surface area contributed by atoms with Gasteiger partial charge in [0.05, 0.1) is 0 Å². The maximum atomic E-state index is 8.74. The number of hydrogen-bond acceptors (Lipinski definition) is 1. The van der Waals surface area contributed by atoms with Crippen molar-refractivity contribution in [2.75, 3.05) is 0 Å². The number of hydrogen-bond donors (Lipinski definition) is 2. The molecule has 0 heterocycles. The summed E-state index contributed by atoms with van der Waals surface area (Å²) in [5.41, 5.74) is 0. The Hall–Kier alpha value is 0.420. The van der Waals surface area contributed by atoms with Crippen LogP contribution in [0.1, 0.15) is 0 Å². The third kappa shape index (κ3) is 711. The summed E-state index contributed by atoms with van der Waals surface area (Å²) in [6, 6.07) is 0. The van der Waals surface area contributed by atoms with Crippen molar-refractivity contribution >= 4 is 9.17 Å². The standard InChI is InChI=1S/H2O3Si.2O.Zr/c1-4(2)3;;;/h1-2H;;;/q;2*-2;+4. The summed E-state index contributed by atoms with van der Waals surface area (Å²) in [4.78, 5) is 14.3. The Morgan fingerprint density at radius 3 is 1.14 bits per heavy atom. The minimum Gasteiger partial charge on any atom is -2.00 e. The summed E-state index contributed by atoms with van der Waals surface area (Å²) in [5, 5.41) is 0. The first-order valence-electron chi connectivity index (χ1n) is 0.651. The van der Waals surface area contributed by atoms with Crippen LogP contribution in [0.5, 0.6) is 0 Å². The predicted octanol–water partition coefficient (Wildman–Crippen LogP) is -1.85. The van der Waals surface area contributed by atoms with Gasteiger partial charge in [-0.2, -0.15) is 0 Å². The van der Waals surface area contributed by atoms with E-state index in [1.165, 1.54) is 0 Å². The number of rotatable bonds is 0. The van der Waals surface area contributed by atoms with Gasteiger partial charge in [0.1, 0.15) is 0 Å². The van der Waals surface area contributed by atoms with E-state index in [0.29, 0.717) is 0 Å². The minimum absolute atomic E-state index is 0. The molecule has 2 N–H and O–H groups in total. The van der Waals surface area contributed by atoms with Crippen molar-refractivity contribution in [3.05, 3.63) is 0 Å². The van der Waals surface area contributed by atoms with Crippen LogP contribution >= 0.6 is 0 Å². The van der Waals surface area contributed by atoms with E-state index in [0.717, 1.165) is 0 Å². The van der Waals surface area contributed by atoms with Gasteiger partial charge in [-0.05, 0) is 0 Å². The van der Waals surface area contributed by atoms with Crippen LogP contribution in [0.15, 0.2) is 0 Å². The van der Waals surface area contributed by atoms with Gasteiger partial charge in [-0.25, -0.2) is 0 Å². The molecule has 0 saturated heterocycles. The molecule has 0 fully saturated rings. The van der Waals surface area contributed by atoms with E-state index >= 15 is 0 Å². The topological polar surface area (TPSA) is 115 Å². The van der Waals surface area contributed by atoms with Gasteiger partial charge in [0.2, 0.25) is 0 Å². The quantitative estimate of drug-likeness (QED) is 0.448. The molecule has 0 spiro atoms. The van der Waals surface area contributed by atoms with Gasteiger partial charge in [0, 0.05) is 0 Å². The van der Waals surface area contributed by atoms with Crippen molar-refractivity contribution < 1.29 is 51.2 Å². The fraction of sp³-hybridized carbons (Fsp3) is 0. The molecular formula is H2O5SiZr. The normalized spacial score (nSPS) is 3.43. The summed E-state index contributed by atoms with van der Waals surface area (Å²) in [5.74, 6) is 0. The van der Waals surface area contributed by atoms with Gasteiger partial charge >= 0.3 is 35.4 Å². The Morgan fingerprint density at radius 2 is 1.14 bits per heavy atom. The molecule has 7 heavy (non-hydrogen) atoms. The van der Waals surface area contributed by atoms with Crippen LogP contribution in [0.2, 0.25) is 0 Å². The van der Waals surface area contributed by atoms with E-state index in [-0.39, 0.29) is 37.2 Å². The van der Waals surface area contributed by atoms with Crippen LogP contribution < -0.4 is 0 Å². The molecule has 0 aliphatic carbocycles. The molecule has 0 radical (unpaired) electrons. The van der Waals surface area contributed by atoms with E-state index in [9.17, 15) is 0 Å². The summed E-state index contributed by atoms with van der Waals surface area (Å²) >= 11 is 0. The fourth-order valence-corrected chi connectivity index (χ4v) is 0. The molecular weight excluding hydrogens is 199 g/mol. The van der Waals surface area contributed by atoms with Gasteiger partial charge in [-0.3, -0.25) is 4.46 Å². The first kappa shape index (κ1) is 26.1. The molecule has 0 aromatic rings. The second-order valence-corrected chi connectivity index (χ2v) is 0.848. The molecule has 0 bridgehead atoms. The van der Waals surface area contributed by atoms with Gasteiger partial charge in [-0.1, -0.05) is 0 Å². The van der Waals surface area contributed by atoms with E-state index in [2.05, 4.69) is 0 Å². The fourth-order valence-electron chi connectivity index (χ4n) is 0. The molecule has 40 valence electrons. The smallest absolute Gasteiger partial charge is 2.00 e. The molecule has 0 atom stereocenters. The van der Waals surface area contributed by atoms with Crippen LogP contribution in [-0.2, 0) is 41.6 Å². The van der Waals surface area contributed by atoms with Crippen molar-refractivity contribution in [3.63, 3.8) is 0 Å². The summed E-state index contributed by atoms with van der Waals surface area (Å²) in [6.07, 6.45) is 0. The molecule has 0 aromatic carbocycles. The Kier molecular flexibility index (Phi) is 60.2. The summed E-state index contributed by atoms with van der Waals surface area (Å²) in [6.45, 7) is 0. The minimum atomic E-state index is -3.13. The average molecular weight is 201 g/mol. The van der Waals surface area contributed by atoms with Crippen molar-refractivity contribution in [2.24, 2.45) is 0 Å². The largest absolute Gasteiger partial charge is 4.00 e. The van der Waals surface area contributed by atoms with Crippen molar-refractivity contribution in [1.29, 1.82) is 0 Å². The second kappa shape index (κ2) is 16.1. The summed E-state index contributed by atoms with van der Waals surface area (Å²) < 4.78 is 8.74. The SMILES string of the molecule is O=[Si](O)O.[O-2].[O-2].[Zr+4]. The van der Waals surface area contributed by atoms with Crippen LogP contribution in [-0.4, -0.2) is 18.8 Å². The molecule has 0 amide bonds.